The molecule has 1 atom stereocenters. The van der Waals surface area contributed by atoms with Crippen LogP contribution in [0.2, 0.25) is 0 Å². The van der Waals surface area contributed by atoms with Crippen molar-refractivity contribution >= 4 is 0 Å². The summed E-state index contributed by atoms with van der Waals surface area (Å²) >= 11 is 0. The van der Waals surface area contributed by atoms with E-state index in [0.717, 1.165) is 25.1 Å². The van der Waals surface area contributed by atoms with Crippen LogP contribution in [0.1, 0.15) is 32.3 Å². The molecule has 2 N–H and O–H groups in total. The second-order valence-corrected chi connectivity index (χ2v) is 4.39. The van der Waals surface area contributed by atoms with Gasteiger partial charge in [-0.1, -0.05) is 6.92 Å². The van der Waals surface area contributed by atoms with Crippen LogP contribution >= 0.6 is 0 Å². The molecule has 0 aliphatic heterocycles. The highest BCUT2D eigenvalue weighted by Crippen LogP contribution is 2.25. The van der Waals surface area contributed by atoms with Crippen LogP contribution in [-0.2, 0) is 5.60 Å². The Morgan fingerprint density at radius 3 is 2.82 bits per heavy atom. The Hall–Kier alpha value is -1.13. The van der Waals surface area contributed by atoms with Crippen molar-refractivity contribution in [2.45, 2.75) is 32.3 Å². The lowest BCUT2D eigenvalue weighted by molar-refractivity contribution is 0.0475. The van der Waals surface area contributed by atoms with Crippen molar-refractivity contribution in [2.24, 2.45) is 0 Å². The number of aliphatic hydroxyl groups is 1. The van der Waals surface area contributed by atoms with Crippen LogP contribution in [0.15, 0.2) is 18.5 Å². The van der Waals surface area contributed by atoms with Gasteiger partial charge in [-0.3, -0.25) is 4.98 Å². The van der Waals surface area contributed by atoms with E-state index < -0.39 is 5.60 Å². The summed E-state index contributed by atoms with van der Waals surface area (Å²) in [5.74, 6) is 0.671. The molecule has 4 heteroatoms. The second-order valence-electron chi connectivity index (χ2n) is 4.39. The van der Waals surface area contributed by atoms with Gasteiger partial charge in [-0.15, -0.1) is 0 Å². The third kappa shape index (κ3) is 4.32. The number of rotatable bonds is 7. The molecule has 0 bridgehead atoms. The van der Waals surface area contributed by atoms with Gasteiger partial charge in [0.15, 0.2) is 0 Å². The SMILES string of the molecule is CCCNCCC(C)(O)c1cncc(OC)c1. The number of hydrogen-bond acceptors (Lipinski definition) is 4. The summed E-state index contributed by atoms with van der Waals surface area (Å²) in [6.45, 7) is 5.69. The van der Waals surface area contributed by atoms with Gasteiger partial charge < -0.3 is 15.2 Å². The molecule has 96 valence electrons. The largest absolute Gasteiger partial charge is 0.495 e. The van der Waals surface area contributed by atoms with Gasteiger partial charge in [-0.25, -0.2) is 0 Å². The number of nitrogens with zero attached hydrogens (tertiary/aromatic N) is 1. The lowest BCUT2D eigenvalue weighted by Gasteiger charge is -2.24. The van der Waals surface area contributed by atoms with Crippen LogP contribution in [0, 0.1) is 0 Å². The zero-order valence-electron chi connectivity index (χ0n) is 10.9. The first-order valence-corrected chi connectivity index (χ1v) is 6.02. The monoisotopic (exact) mass is 238 g/mol. The molecule has 0 aliphatic rings. The summed E-state index contributed by atoms with van der Waals surface area (Å²) in [6.07, 6.45) is 5.07. The van der Waals surface area contributed by atoms with Crippen molar-refractivity contribution in [3.05, 3.63) is 24.0 Å². The Labute approximate surface area is 103 Å². The molecule has 0 spiro atoms. The molecule has 0 saturated carbocycles. The summed E-state index contributed by atoms with van der Waals surface area (Å²) in [4.78, 5) is 4.06. The highest BCUT2D eigenvalue weighted by Gasteiger charge is 2.23. The molecule has 0 saturated heterocycles. The Balaban J connectivity index is 2.61. The molecular weight excluding hydrogens is 216 g/mol. The molecule has 1 heterocycles. The van der Waals surface area contributed by atoms with Crippen LogP contribution in [0.25, 0.3) is 0 Å². The summed E-state index contributed by atoms with van der Waals surface area (Å²) < 4.78 is 5.10. The van der Waals surface area contributed by atoms with E-state index in [0.29, 0.717) is 12.2 Å². The van der Waals surface area contributed by atoms with Gasteiger partial charge >= 0.3 is 0 Å². The van der Waals surface area contributed by atoms with Gasteiger partial charge in [0.2, 0.25) is 0 Å². The molecule has 0 fully saturated rings. The van der Waals surface area contributed by atoms with Gasteiger partial charge in [0, 0.05) is 11.8 Å². The quantitative estimate of drug-likeness (QED) is 0.710. The van der Waals surface area contributed by atoms with Crippen LogP contribution in [-0.4, -0.2) is 30.3 Å². The lowest BCUT2D eigenvalue weighted by atomic mass is 9.94. The Bertz CT molecular complexity index is 340. The van der Waals surface area contributed by atoms with Crippen LogP contribution in [0.3, 0.4) is 0 Å². The molecular formula is C13H22N2O2. The minimum Gasteiger partial charge on any atom is -0.495 e. The molecule has 0 radical (unpaired) electrons. The first-order chi connectivity index (χ1) is 8.10. The topological polar surface area (TPSA) is 54.4 Å². The van der Waals surface area contributed by atoms with Crippen molar-refractivity contribution < 1.29 is 9.84 Å². The maximum Gasteiger partial charge on any atom is 0.137 e. The van der Waals surface area contributed by atoms with Crippen molar-refractivity contribution in [3.63, 3.8) is 0 Å². The predicted octanol–water partition coefficient (Wildman–Crippen LogP) is 1.69. The predicted molar refractivity (Wildman–Crippen MR) is 68.1 cm³/mol. The molecule has 1 rings (SSSR count). The van der Waals surface area contributed by atoms with Crippen molar-refractivity contribution in [2.75, 3.05) is 20.2 Å². The number of ether oxygens (including phenoxy) is 1. The fourth-order valence-corrected chi connectivity index (χ4v) is 1.60. The second kappa shape index (κ2) is 6.57. The van der Waals surface area contributed by atoms with Gasteiger partial charge in [-0.2, -0.15) is 0 Å². The molecule has 0 amide bonds. The third-order valence-corrected chi connectivity index (χ3v) is 2.79. The highest BCUT2D eigenvalue weighted by atomic mass is 16.5. The summed E-state index contributed by atoms with van der Waals surface area (Å²) in [7, 11) is 1.60. The van der Waals surface area contributed by atoms with E-state index in [9.17, 15) is 5.11 Å². The van der Waals surface area contributed by atoms with E-state index >= 15 is 0 Å². The Morgan fingerprint density at radius 1 is 1.41 bits per heavy atom. The van der Waals surface area contributed by atoms with E-state index in [1.54, 1.807) is 26.4 Å². The molecule has 4 nitrogen and oxygen atoms in total. The third-order valence-electron chi connectivity index (χ3n) is 2.79. The molecule has 1 aromatic rings. The summed E-state index contributed by atoms with van der Waals surface area (Å²) in [5.41, 5.74) is -0.0856. The van der Waals surface area contributed by atoms with Gasteiger partial charge in [0.05, 0.1) is 18.9 Å². The standard InChI is InChI=1S/C13H22N2O2/c1-4-6-14-7-5-13(2,16)11-8-12(17-3)10-15-9-11/h8-10,14,16H,4-7H2,1-3H3. The fraction of sp³-hybridized carbons (Fsp3) is 0.615. The minimum absolute atomic E-state index is 0.655. The summed E-state index contributed by atoms with van der Waals surface area (Å²) in [5, 5.41) is 13.6. The first-order valence-electron chi connectivity index (χ1n) is 6.02. The molecule has 17 heavy (non-hydrogen) atoms. The number of nitrogens with one attached hydrogen (secondary N) is 1. The number of hydrogen-bond donors (Lipinski definition) is 2. The Morgan fingerprint density at radius 2 is 2.18 bits per heavy atom. The first kappa shape index (κ1) is 13.9. The van der Waals surface area contributed by atoms with E-state index in [4.69, 9.17) is 4.74 Å². The smallest absolute Gasteiger partial charge is 0.137 e. The maximum atomic E-state index is 10.4. The molecule has 1 aromatic heterocycles. The summed E-state index contributed by atoms with van der Waals surface area (Å²) in [6, 6.07) is 1.83. The zero-order chi connectivity index (χ0) is 12.7. The van der Waals surface area contributed by atoms with Crippen LogP contribution in [0.4, 0.5) is 0 Å². The maximum absolute atomic E-state index is 10.4. The van der Waals surface area contributed by atoms with E-state index in [-0.39, 0.29) is 0 Å². The van der Waals surface area contributed by atoms with Crippen LogP contribution in [0.5, 0.6) is 5.75 Å². The average molecular weight is 238 g/mol. The molecule has 0 aliphatic carbocycles. The van der Waals surface area contributed by atoms with E-state index in [2.05, 4.69) is 17.2 Å². The van der Waals surface area contributed by atoms with Crippen molar-refractivity contribution in [3.8, 4) is 5.75 Å². The van der Waals surface area contributed by atoms with Gasteiger partial charge in [-0.05, 0) is 38.9 Å². The lowest BCUT2D eigenvalue weighted by Crippen LogP contribution is -2.28. The normalized spacial score (nSPS) is 14.4. The molecule has 0 aromatic carbocycles. The number of pyridine rings is 1. The zero-order valence-corrected chi connectivity index (χ0v) is 10.9. The van der Waals surface area contributed by atoms with Crippen LogP contribution < -0.4 is 10.1 Å². The van der Waals surface area contributed by atoms with Crippen molar-refractivity contribution in [1.82, 2.24) is 10.3 Å². The number of methoxy groups -OCH3 is 1. The highest BCUT2D eigenvalue weighted by molar-refractivity contribution is 5.27. The Kier molecular flexibility index (Phi) is 5.38. The minimum atomic E-state index is -0.873. The number of aromatic nitrogens is 1. The van der Waals surface area contributed by atoms with E-state index in [1.807, 2.05) is 6.07 Å². The van der Waals surface area contributed by atoms with Gasteiger partial charge in [0.25, 0.3) is 0 Å². The molecule has 1 unspecified atom stereocenters. The fourth-order valence-electron chi connectivity index (χ4n) is 1.60. The average Bonchev–Trinajstić information content (AvgIpc) is 2.35. The van der Waals surface area contributed by atoms with Crippen molar-refractivity contribution in [1.29, 1.82) is 0 Å². The van der Waals surface area contributed by atoms with Gasteiger partial charge in [0.1, 0.15) is 5.75 Å². The van der Waals surface area contributed by atoms with E-state index in [1.165, 1.54) is 0 Å².